The van der Waals surface area contributed by atoms with Gasteiger partial charge in [-0.1, -0.05) is 36.4 Å². The average Bonchev–Trinajstić information content (AvgIpc) is 2.35. The van der Waals surface area contributed by atoms with Crippen LogP contribution < -0.4 is 10.5 Å². The molecule has 0 amide bonds. The molecule has 2 aromatic carbocycles. The number of aliphatic hydroxyl groups excluding tert-OH is 1. The molecule has 2 rings (SSSR count). The Hall–Kier alpha value is -1.58. The monoisotopic (exact) mass is 217 g/mol. The number of benzene rings is 2. The third-order valence-corrected chi connectivity index (χ3v) is 2.45. The van der Waals surface area contributed by atoms with Gasteiger partial charge in [-0.2, -0.15) is 0 Å². The lowest BCUT2D eigenvalue weighted by Crippen LogP contribution is -2.26. The van der Waals surface area contributed by atoms with E-state index in [1.807, 2.05) is 42.5 Å². The van der Waals surface area contributed by atoms with Crippen LogP contribution in [0.4, 0.5) is 0 Å². The molecule has 0 aromatic heterocycles. The van der Waals surface area contributed by atoms with Gasteiger partial charge in [-0.3, -0.25) is 0 Å². The van der Waals surface area contributed by atoms with E-state index >= 15 is 0 Å². The SMILES string of the molecule is NC[C@@H](O)COc1cccc2ccccc12. The lowest BCUT2D eigenvalue weighted by molar-refractivity contribution is 0.115. The van der Waals surface area contributed by atoms with Crippen molar-refractivity contribution in [2.24, 2.45) is 5.73 Å². The van der Waals surface area contributed by atoms with Crippen LogP contribution in [0.2, 0.25) is 0 Å². The lowest BCUT2D eigenvalue weighted by atomic mass is 10.1. The van der Waals surface area contributed by atoms with Crippen molar-refractivity contribution in [3.63, 3.8) is 0 Å². The van der Waals surface area contributed by atoms with Crippen LogP contribution in [0.3, 0.4) is 0 Å². The molecule has 0 bridgehead atoms. The van der Waals surface area contributed by atoms with E-state index in [1.165, 1.54) is 0 Å². The molecule has 3 nitrogen and oxygen atoms in total. The Bertz CT molecular complexity index is 465. The van der Waals surface area contributed by atoms with Crippen molar-refractivity contribution in [1.29, 1.82) is 0 Å². The maximum atomic E-state index is 9.34. The standard InChI is InChI=1S/C13H15NO2/c14-8-11(15)9-16-13-7-3-5-10-4-1-2-6-12(10)13/h1-7,11,15H,8-9,14H2/t11-/m1/s1. The van der Waals surface area contributed by atoms with Gasteiger partial charge in [0.15, 0.2) is 0 Å². The van der Waals surface area contributed by atoms with Crippen molar-refractivity contribution in [3.05, 3.63) is 42.5 Å². The zero-order valence-electron chi connectivity index (χ0n) is 8.97. The van der Waals surface area contributed by atoms with E-state index in [2.05, 4.69) is 0 Å². The predicted octanol–water partition coefficient (Wildman–Crippen LogP) is 1.54. The Balaban J connectivity index is 2.23. The Kier molecular flexibility index (Phi) is 3.39. The first kappa shape index (κ1) is 10.9. The molecule has 0 aliphatic rings. The second-order valence-electron chi connectivity index (χ2n) is 3.68. The number of nitrogens with two attached hydrogens (primary N) is 1. The van der Waals surface area contributed by atoms with Crippen LogP contribution in [0.15, 0.2) is 42.5 Å². The molecule has 0 aliphatic carbocycles. The average molecular weight is 217 g/mol. The van der Waals surface area contributed by atoms with Gasteiger partial charge >= 0.3 is 0 Å². The Morgan fingerprint density at radius 3 is 2.69 bits per heavy atom. The number of fused-ring (bicyclic) bond motifs is 1. The molecule has 0 fully saturated rings. The van der Waals surface area contributed by atoms with Crippen molar-refractivity contribution >= 4 is 10.8 Å². The second-order valence-corrected chi connectivity index (χ2v) is 3.68. The molecule has 16 heavy (non-hydrogen) atoms. The van der Waals surface area contributed by atoms with Gasteiger partial charge in [0.25, 0.3) is 0 Å². The van der Waals surface area contributed by atoms with Crippen LogP contribution in [0.1, 0.15) is 0 Å². The maximum Gasteiger partial charge on any atom is 0.127 e. The molecule has 0 saturated carbocycles. The number of rotatable bonds is 4. The minimum absolute atomic E-state index is 0.213. The number of hydrogen-bond donors (Lipinski definition) is 2. The van der Waals surface area contributed by atoms with Gasteiger partial charge < -0.3 is 15.6 Å². The molecular formula is C13H15NO2. The highest BCUT2D eigenvalue weighted by Gasteiger charge is 2.04. The quantitative estimate of drug-likeness (QED) is 0.816. The van der Waals surface area contributed by atoms with Gasteiger partial charge in [-0.05, 0) is 11.5 Å². The summed E-state index contributed by atoms with van der Waals surface area (Å²) in [5.74, 6) is 0.783. The summed E-state index contributed by atoms with van der Waals surface area (Å²) in [7, 11) is 0. The Morgan fingerprint density at radius 2 is 1.88 bits per heavy atom. The molecule has 0 spiro atoms. The van der Waals surface area contributed by atoms with Gasteiger partial charge in [0.2, 0.25) is 0 Å². The Morgan fingerprint density at radius 1 is 1.12 bits per heavy atom. The highest BCUT2D eigenvalue weighted by Crippen LogP contribution is 2.25. The minimum atomic E-state index is -0.612. The first-order valence-electron chi connectivity index (χ1n) is 5.30. The van der Waals surface area contributed by atoms with E-state index in [0.717, 1.165) is 16.5 Å². The molecule has 1 atom stereocenters. The van der Waals surface area contributed by atoms with Crippen LogP contribution >= 0.6 is 0 Å². The summed E-state index contributed by atoms with van der Waals surface area (Å²) in [6.45, 7) is 0.440. The van der Waals surface area contributed by atoms with E-state index in [0.29, 0.717) is 0 Å². The van der Waals surface area contributed by atoms with E-state index in [9.17, 15) is 5.11 Å². The Labute approximate surface area is 94.5 Å². The normalized spacial score (nSPS) is 12.6. The fourth-order valence-corrected chi connectivity index (χ4v) is 1.58. The highest BCUT2D eigenvalue weighted by molar-refractivity contribution is 5.88. The molecule has 3 heteroatoms. The van der Waals surface area contributed by atoms with E-state index in [-0.39, 0.29) is 13.2 Å². The van der Waals surface area contributed by atoms with Crippen LogP contribution in [0, 0.1) is 0 Å². The predicted molar refractivity (Wildman–Crippen MR) is 64.5 cm³/mol. The molecule has 0 radical (unpaired) electrons. The summed E-state index contributed by atoms with van der Waals surface area (Å²) >= 11 is 0. The lowest BCUT2D eigenvalue weighted by Gasteiger charge is -2.12. The molecule has 2 aromatic rings. The zero-order valence-corrected chi connectivity index (χ0v) is 8.97. The van der Waals surface area contributed by atoms with Crippen LogP contribution in [0.25, 0.3) is 10.8 Å². The molecule has 0 saturated heterocycles. The van der Waals surface area contributed by atoms with E-state index < -0.39 is 6.10 Å². The smallest absolute Gasteiger partial charge is 0.127 e. The highest BCUT2D eigenvalue weighted by atomic mass is 16.5. The molecule has 84 valence electrons. The number of ether oxygens (including phenoxy) is 1. The van der Waals surface area contributed by atoms with Gasteiger partial charge in [0, 0.05) is 11.9 Å². The van der Waals surface area contributed by atoms with Crippen molar-refractivity contribution < 1.29 is 9.84 Å². The van der Waals surface area contributed by atoms with Gasteiger partial charge in [-0.25, -0.2) is 0 Å². The van der Waals surface area contributed by atoms with Crippen molar-refractivity contribution in [1.82, 2.24) is 0 Å². The maximum absolute atomic E-state index is 9.34. The van der Waals surface area contributed by atoms with E-state index in [4.69, 9.17) is 10.5 Å². The third kappa shape index (κ3) is 2.32. The summed E-state index contributed by atoms with van der Waals surface area (Å²) in [5.41, 5.74) is 5.32. The van der Waals surface area contributed by atoms with Crippen molar-refractivity contribution in [3.8, 4) is 5.75 Å². The van der Waals surface area contributed by atoms with Crippen molar-refractivity contribution in [2.45, 2.75) is 6.10 Å². The van der Waals surface area contributed by atoms with E-state index in [1.54, 1.807) is 0 Å². The molecule has 0 unspecified atom stereocenters. The van der Waals surface area contributed by atoms with Crippen LogP contribution in [0.5, 0.6) is 5.75 Å². The van der Waals surface area contributed by atoms with Gasteiger partial charge in [0.05, 0.1) is 0 Å². The fourth-order valence-electron chi connectivity index (χ4n) is 1.58. The molecule has 3 N–H and O–H groups in total. The van der Waals surface area contributed by atoms with Crippen LogP contribution in [-0.4, -0.2) is 24.4 Å². The first-order valence-corrected chi connectivity index (χ1v) is 5.30. The van der Waals surface area contributed by atoms with Gasteiger partial charge in [-0.15, -0.1) is 0 Å². The summed E-state index contributed by atoms with van der Waals surface area (Å²) in [5, 5.41) is 11.5. The summed E-state index contributed by atoms with van der Waals surface area (Å²) in [6, 6.07) is 13.8. The van der Waals surface area contributed by atoms with Gasteiger partial charge in [0.1, 0.15) is 18.5 Å². The summed E-state index contributed by atoms with van der Waals surface area (Å²) in [4.78, 5) is 0. The molecule has 0 aliphatic heterocycles. The first-order chi connectivity index (χ1) is 7.81. The summed E-state index contributed by atoms with van der Waals surface area (Å²) < 4.78 is 5.54. The summed E-state index contributed by atoms with van der Waals surface area (Å²) in [6.07, 6.45) is -0.612. The minimum Gasteiger partial charge on any atom is -0.490 e. The van der Waals surface area contributed by atoms with Crippen LogP contribution in [-0.2, 0) is 0 Å². The fraction of sp³-hybridized carbons (Fsp3) is 0.231. The molecular weight excluding hydrogens is 202 g/mol. The molecule has 0 heterocycles. The second kappa shape index (κ2) is 4.96. The topological polar surface area (TPSA) is 55.5 Å². The van der Waals surface area contributed by atoms with Crippen molar-refractivity contribution in [2.75, 3.05) is 13.2 Å². The number of hydrogen-bond acceptors (Lipinski definition) is 3. The zero-order chi connectivity index (χ0) is 11.4. The largest absolute Gasteiger partial charge is 0.490 e. The number of aliphatic hydroxyl groups is 1. The third-order valence-electron chi connectivity index (χ3n) is 2.45.